The number of hydrogen-bond donors (Lipinski definition) is 1. The molecular formula is C14H13NO4. The molecule has 0 spiro atoms. The van der Waals surface area contributed by atoms with Crippen molar-refractivity contribution in [1.82, 2.24) is 0 Å². The summed E-state index contributed by atoms with van der Waals surface area (Å²) in [6.45, 7) is 2.26. The van der Waals surface area contributed by atoms with E-state index in [9.17, 15) is 9.59 Å². The molecule has 0 saturated heterocycles. The third kappa shape index (κ3) is 4.28. The monoisotopic (exact) mass is 259 g/mol. The van der Waals surface area contributed by atoms with Crippen LogP contribution in [0, 0.1) is 11.3 Å². The fourth-order valence-corrected chi connectivity index (χ4v) is 1.30. The molecule has 0 aliphatic rings. The topological polar surface area (TPSA) is 87.4 Å². The Morgan fingerprint density at radius 3 is 2.47 bits per heavy atom. The maximum atomic E-state index is 11.5. The molecule has 0 amide bonds. The van der Waals surface area contributed by atoms with E-state index in [0.29, 0.717) is 17.7 Å². The number of rotatable bonds is 5. The molecule has 0 aliphatic heterocycles. The Morgan fingerprint density at radius 2 is 2.00 bits per heavy atom. The predicted octanol–water partition coefficient (Wildman–Crippen LogP) is 2.24. The number of esters is 1. The molecule has 98 valence electrons. The molecule has 0 heterocycles. The minimum absolute atomic E-state index is 0.359. The van der Waals surface area contributed by atoms with Crippen molar-refractivity contribution in [2.45, 2.75) is 13.3 Å². The van der Waals surface area contributed by atoms with Gasteiger partial charge in [0.1, 0.15) is 11.6 Å². The first-order valence-electron chi connectivity index (χ1n) is 5.70. The van der Waals surface area contributed by atoms with Crippen molar-refractivity contribution in [3.63, 3.8) is 0 Å². The molecule has 1 N–H and O–H groups in total. The molecule has 0 atom stereocenters. The number of hydrogen-bond acceptors (Lipinski definition) is 4. The van der Waals surface area contributed by atoms with Gasteiger partial charge in [-0.15, -0.1) is 0 Å². The zero-order chi connectivity index (χ0) is 14.3. The lowest BCUT2D eigenvalue weighted by Crippen LogP contribution is -2.05. The van der Waals surface area contributed by atoms with Gasteiger partial charge in [-0.25, -0.2) is 9.59 Å². The number of benzene rings is 1. The van der Waals surface area contributed by atoms with Crippen LogP contribution in [0.1, 0.15) is 29.3 Å². The van der Waals surface area contributed by atoms with E-state index in [1.165, 1.54) is 18.2 Å². The maximum absolute atomic E-state index is 11.5. The lowest BCUT2D eigenvalue weighted by molar-refractivity contribution is -0.132. The molecule has 1 rings (SSSR count). The second kappa shape index (κ2) is 6.97. The molecule has 0 aromatic heterocycles. The van der Waals surface area contributed by atoms with E-state index in [-0.39, 0.29) is 5.57 Å². The number of carboxylic acid groups (broad SMARTS) is 1. The Hall–Kier alpha value is -2.61. The van der Waals surface area contributed by atoms with E-state index in [0.717, 1.165) is 6.42 Å². The molecule has 0 bridgehead atoms. The van der Waals surface area contributed by atoms with E-state index in [1.54, 1.807) is 18.2 Å². The second-order valence-corrected chi connectivity index (χ2v) is 3.73. The number of carbonyl (C=O) groups is 2. The maximum Gasteiger partial charge on any atom is 0.346 e. The fourth-order valence-electron chi connectivity index (χ4n) is 1.30. The van der Waals surface area contributed by atoms with Crippen molar-refractivity contribution < 1.29 is 19.4 Å². The van der Waals surface area contributed by atoms with Gasteiger partial charge in [-0.1, -0.05) is 19.1 Å². The lowest BCUT2D eigenvalue weighted by atomic mass is 10.1. The summed E-state index contributed by atoms with van der Waals surface area (Å²) in [6.07, 6.45) is 1.99. The van der Waals surface area contributed by atoms with E-state index >= 15 is 0 Å². The molecule has 0 aliphatic carbocycles. The van der Waals surface area contributed by atoms with Crippen molar-refractivity contribution in [3.8, 4) is 6.07 Å². The van der Waals surface area contributed by atoms with E-state index in [1.807, 2.05) is 6.92 Å². The summed E-state index contributed by atoms with van der Waals surface area (Å²) in [7, 11) is 0. The number of carbonyl (C=O) groups excluding carboxylic acids is 1. The molecule has 5 nitrogen and oxygen atoms in total. The first kappa shape index (κ1) is 14.5. The summed E-state index contributed by atoms with van der Waals surface area (Å²) >= 11 is 0. The van der Waals surface area contributed by atoms with Gasteiger partial charge >= 0.3 is 11.9 Å². The Kier molecular flexibility index (Phi) is 5.30. The highest BCUT2D eigenvalue weighted by molar-refractivity contribution is 5.96. The molecule has 0 saturated carbocycles. The van der Waals surface area contributed by atoms with Crippen molar-refractivity contribution in [2.75, 3.05) is 6.61 Å². The first-order valence-corrected chi connectivity index (χ1v) is 5.70. The van der Waals surface area contributed by atoms with Crippen molar-refractivity contribution in [3.05, 3.63) is 41.0 Å². The van der Waals surface area contributed by atoms with Crippen molar-refractivity contribution in [1.29, 1.82) is 5.26 Å². The summed E-state index contributed by atoms with van der Waals surface area (Å²) in [4.78, 5) is 22.2. The SMILES string of the molecule is CCCOC(=O)c1ccc(C=C(C#N)C(=O)O)cc1. The minimum atomic E-state index is -1.28. The predicted molar refractivity (Wildman–Crippen MR) is 68.2 cm³/mol. The quantitative estimate of drug-likeness (QED) is 0.497. The van der Waals surface area contributed by atoms with Crippen LogP contribution in [0.3, 0.4) is 0 Å². The van der Waals surface area contributed by atoms with Gasteiger partial charge in [0.15, 0.2) is 0 Å². The Labute approximate surface area is 110 Å². The number of carboxylic acids is 1. The summed E-state index contributed by atoms with van der Waals surface area (Å²) in [5, 5.41) is 17.3. The van der Waals surface area contributed by atoms with Gasteiger partial charge in [-0.2, -0.15) is 5.26 Å². The molecule has 0 fully saturated rings. The summed E-state index contributed by atoms with van der Waals surface area (Å²) in [5.74, 6) is -1.70. The molecule has 1 aromatic carbocycles. The smallest absolute Gasteiger partial charge is 0.346 e. The molecule has 0 radical (unpaired) electrons. The van der Waals surface area contributed by atoms with Gasteiger partial charge in [-0.3, -0.25) is 0 Å². The number of nitrogens with zero attached hydrogens (tertiary/aromatic N) is 1. The van der Waals surface area contributed by atoms with Crippen LogP contribution in [0.5, 0.6) is 0 Å². The summed E-state index contributed by atoms with van der Waals surface area (Å²) < 4.78 is 4.96. The first-order chi connectivity index (χ1) is 9.08. The molecule has 5 heteroatoms. The van der Waals surface area contributed by atoms with Crippen LogP contribution < -0.4 is 0 Å². The molecule has 1 aromatic rings. The zero-order valence-electron chi connectivity index (χ0n) is 10.4. The van der Waals surface area contributed by atoms with Crippen LogP contribution >= 0.6 is 0 Å². The van der Waals surface area contributed by atoms with Gasteiger partial charge in [0, 0.05) is 0 Å². The summed E-state index contributed by atoms with van der Waals surface area (Å²) in [6, 6.07) is 7.76. The van der Waals surface area contributed by atoms with Crippen LogP contribution in [0.25, 0.3) is 6.08 Å². The van der Waals surface area contributed by atoms with Crippen LogP contribution in [-0.2, 0) is 9.53 Å². The summed E-state index contributed by atoms with van der Waals surface area (Å²) in [5.41, 5.74) is 0.562. The Bertz CT molecular complexity index is 538. The van der Waals surface area contributed by atoms with Crippen LogP contribution in [-0.4, -0.2) is 23.7 Å². The van der Waals surface area contributed by atoms with E-state index < -0.39 is 11.9 Å². The van der Waals surface area contributed by atoms with Gasteiger partial charge < -0.3 is 9.84 Å². The van der Waals surface area contributed by atoms with Crippen molar-refractivity contribution >= 4 is 18.0 Å². The zero-order valence-corrected chi connectivity index (χ0v) is 10.4. The Balaban J connectivity index is 2.85. The van der Waals surface area contributed by atoms with Crippen LogP contribution in [0.4, 0.5) is 0 Å². The fraction of sp³-hybridized carbons (Fsp3) is 0.214. The average Bonchev–Trinajstić information content (AvgIpc) is 2.42. The third-order valence-corrected chi connectivity index (χ3v) is 2.25. The second-order valence-electron chi connectivity index (χ2n) is 3.73. The third-order valence-electron chi connectivity index (χ3n) is 2.25. The van der Waals surface area contributed by atoms with E-state index in [4.69, 9.17) is 15.1 Å². The van der Waals surface area contributed by atoms with Gasteiger partial charge in [0.25, 0.3) is 0 Å². The molecule has 19 heavy (non-hydrogen) atoms. The minimum Gasteiger partial charge on any atom is -0.477 e. The van der Waals surface area contributed by atoms with Crippen LogP contribution in [0.2, 0.25) is 0 Å². The number of nitriles is 1. The van der Waals surface area contributed by atoms with Gasteiger partial charge in [-0.05, 0) is 30.2 Å². The number of ether oxygens (including phenoxy) is 1. The molecular weight excluding hydrogens is 246 g/mol. The highest BCUT2D eigenvalue weighted by Crippen LogP contribution is 2.10. The molecule has 0 unspecified atom stereocenters. The lowest BCUT2D eigenvalue weighted by Gasteiger charge is -2.03. The highest BCUT2D eigenvalue weighted by atomic mass is 16.5. The largest absolute Gasteiger partial charge is 0.477 e. The van der Waals surface area contributed by atoms with Crippen LogP contribution in [0.15, 0.2) is 29.8 Å². The van der Waals surface area contributed by atoms with Gasteiger partial charge in [0.05, 0.1) is 12.2 Å². The normalized spacial score (nSPS) is 10.6. The standard InChI is InChI=1S/C14H13NO4/c1-2-7-19-14(18)11-5-3-10(4-6-11)8-12(9-15)13(16)17/h3-6,8H,2,7H2,1H3,(H,16,17). The van der Waals surface area contributed by atoms with E-state index in [2.05, 4.69) is 0 Å². The average molecular weight is 259 g/mol. The van der Waals surface area contributed by atoms with Gasteiger partial charge in [0.2, 0.25) is 0 Å². The highest BCUT2D eigenvalue weighted by Gasteiger charge is 2.08. The van der Waals surface area contributed by atoms with Crippen molar-refractivity contribution in [2.24, 2.45) is 0 Å². The Morgan fingerprint density at radius 1 is 1.37 bits per heavy atom. The number of aliphatic carboxylic acids is 1.